The second kappa shape index (κ2) is 11.4. The Morgan fingerprint density at radius 2 is 1.92 bits per heavy atom. The molecule has 1 N–H and O–H groups in total. The minimum absolute atomic E-state index is 0.581. The Kier molecular flexibility index (Phi) is 13.1. The van der Waals surface area contributed by atoms with E-state index >= 15 is 0 Å². The largest absolute Gasteiger partial charge is 0.314 e. The zero-order chi connectivity index (χ0) is 10.7. The van der Waals surface area contributed by atoms with Gasteiger partial charge >= 0.3 is 0 Å². The average molecular weight is 183 g/mol. The van der Waals surface area contributed by atoms with Crippen LogP contribution in [0.2, 0.25) is 0 Å². The van der Waals surface area contributed by atoms with Gasteiger partial charge in [-0.1, -0.05) is 52.0 Å². The predicted octanol–water partition coefficient (Wildman–Crippen LogP) is 3.53. The van der Waals surface area contributed by atoms with E-state index in [2.05, 4.69) is 31.8 Å². The van der Waals surface area contributed by atoms with Crippen LogP contribution < -0.4 is 5.32 Å². The monoisotopic (exact) mass is 183 g/mol. The average Bonchev–Trinajstić information content (AvgIpc) is 2.15. The fraction of sp³-hybridized carbons (Fsp3) is 0.667. The first-order valence-electron chi connectivity index (χ1n) is 5.21. The summed E-state index contributed by atoms with van der Waals surface area (Å²) in [6.45, 7) is 15.1. The lowest BCUT2D eigenvalue weighted by Crippen LogP contribution is -2.23. The summed E-state index contributed by atoms with van der Waals surface area (Å²) >= 11 is 0. The lowest BCUT2D eigenvalue weighted by molar-refractivity contribution is 0.591. The third kappa shape index (κ3) is 11.4. The molecule has 0 amide bonds. The fourth-order valence-corrected chi connectivity index (χ4v) is 0.869. The number of nitrogens with one attached hydrogen (secondary N) is 1. The molecule has 13 heavy (non-hydrogen) atoms. The SMILES string of the molecule is C=C/C(=C\C)CCNC(C)C.CC. The van der Waals surface area contributed by atoms with Crippen LogP contribution >= 0.6 is 0 Å². The van der Waals surface area contributed by atoms with Gasteiger partial charge in [0.05, 0.1) is 0 Å². The van der Waals surface area contributed by atoms with Gasteiger partial charge in [0.1, 0.15) is 0 Å². The van der Waals surface area contributed by atoms with Crippen LogP contribution in [0.5, 0.6) is 0 Å². The summed E-state index contributed by atoms with van der Waals surface area (Å²) in [4.78, 5) is 0. The highest BCUT2D eigenvalue weighted by atomic mass is 14.9. The summed E-state index contributed by atoms with van der Waals surface area (Å²) in [5.74, 6) is 0. The molecule has 1 heteroatoms. The predicted molar refractivity (Wildman–Crippen MR) is 63.1 cm³/mol. The van der Waals surface area contributed by atoms with E-state index in [1.54, 1.807) is 0 Å². The van der Waals surface area contributed by atoms with Crippen molar-refractivity contribution in [2.45, 2.75) is 47.1 Å². The second-order valence-corrected chi connectivity index (χ2v) is 2.93. The third-order valence-corrected chi connectivity index (χ3v) is 1.60. The maximum Gasteiger partial charge on any atom is 0.00105 e. The van der Waals surface area contributed by atoms with E-state index in [0.717, 1.165) is 13.0 Å². The van der Waals surface area contributed by atoms with Crippen molar-refractivity contribution in [1.82, 2.24) is 5.32 Å². The quantitative estimate of drug-likeness (QED) is 0.643. The highest BCUT2D eigenvalue weighted by Crippen LogP contribution is 2.00. The normalized spacial score (nSPS) is 10.8. The van der Waals surface area contributed by atoms with Gasteiger partial charge in [0.25, 0.3) is 0 Å². The third-order valence-electron chi connectivity index (χ3n) is 1.60. The molecule has 0 aromatic heterocycles. The molecule has 0 heterocycles. The van der Waals surface area contributed by atoms with Crippen LogP contribution in [-0.4, -0.2) is 12.6 Å². The maximum absolute atomic E-state index is 3.73. The molecule has 0 radical (unpaired) electrons. The molecule has 0 rings (SSSR count). The molecule has 1 nitrogen and oxygen atoms in total. The smallest absolute Gasteiger partial charge is 0.00105 e. The van der Waals surface area contributed by atoms with Crippen molar-refractivity contribution in [3.05, 3.63) is 24.3 Å². The minimum Gasteiger partial charge on any atom is -0.314 e. The lowest BCUT2D eigenvalue weighted by atomic mass is 10.2. The van der Waals surface area contributed by atoms with Gasteiger partial charge < -0.3 is 5.32 Å². The topological polar surface area (TPSA) is 12.0 Å². The van der Waals surface area contributed by atoms with Crippen LogP contribution in [0.4, 0.5) is 0 Å². The number of allylic oxidation sites excluding steroid dienone is 2. The van der Waals surface area contributed by atoms with Crippen molar-refractivity contribution in [2.24, 2.45) is 0 Å². The Morgan fingerprint density at radius 3 is 2.23 bits per heavy atom. The number of hydrogen-bond acceptors (Lipinski definition) is 1. The molecular weight excluding hydrogens is 158 g/mol. The maximum atomic E-state index is 3.73. The molecule has 0 aliphatic heterocycles. The van der Waals surface area contributed by atoms with Gasteiger partial charge in [0, 0.05) is 6.04 Å². The minimum atomic E-state index is 0.581. The Balaban J connectivity index is 0. The van der Waals surface area contributed by atoms with E-state index in [1.807, 2.05) is 26.8 Å². The molecule has 0 aromatic rings. The van der Waals surface area contributed by atoms with Gasteiger partial charge in [-0.3, -0.25) is 0 Å². The lowest BCUT2D eigenvalue weighted by Gasteiger charge is -2.07. The molecule has 0 bridgehead atoms. The molecule has 0 saturated carbocycles. The Labute approximate surface area is 83.9 Å². The van der Waals surface area contributed by atoms with Crippen LogP contribution in [-0.2, 0) is 0 Å². The zero-order valence-corrected chi connectivity index (χ0v) is 9.85. The van der Waals surface area contributed by atoms with Gasteiger partial charge in [-0.25, -0.2) is 0 Å². The molecule has 0 fully saturated rings. The first kappa shape index (κ1) is 14.9. The molecule has 0 aliphatic carbocycles. The van der Waals surface area contributed by atoms with Gasteiger partial charge in [0.2, 0.25) is 0 Å². The van der Waals surface area contributed by atoms with E-state index in [0.29, 0.717) is 6.04 Å². The van der Waals surface area contributed by atoms with Gasteiger partial charge in [-0.15, -0.1) is 0 Å². The summed E-state index contributed by atoms with van der Waals surface area (Å²) in [5, 5.41) is 3.36. The molecule has 0 atom stereocenters. The molecule has 0 unspecified atom stereocenters. The van der Waals surface area contributed by atoms with Crippen molar-refractivity contribution >= 4 is 0 Å². The van der Waals surface area contributed by atoms with Crippen molar-refractivity contribution in [1.29, 1.82) is 0 Å². The highest BCUT2D eigenvalue weighted by Gasteiger charge is 1.92. The molecule has 0 saturated heterocycles. The summed E-state index contributed by atoms with van der Waals surface area (Å²) in [6.07, 6.45) is 5.11. The highest BCUT2D eigenvalue weighted by molar-refractivity contribution is 5.14. The van der Waals surface area contributed by atoms with E-state index in [1.165, 1.54) is 5.57 Å². The van der Waals surface area contributed by atoms with E-state index in [4.69, 9.17) is 0 Å². The van der Waals surface area contributed by atoms with Gasteiger partial charge in [-0.05, 0) is 19.9 Å². The molecular formula is C12H25N. The Hall–Kier alpha value is -0.560. The van der Waals surface area contributed by atoms with Gasteiger partial charge in [-0.2, -0.15) is 0 Å². The summed E-state index contributed by atoms with van der Waals surface area (Å²) in [6, 6.07) is 0.581. The second-order valence-electron chi connectivity index (χ2n) is 2.93. The van der Waals surface area contributed by atoms with Crippen molar-refractivity contribution < 1.29 is 0 Å². The van der Waals surface area contributed by atoms with Crippen molar-refractivity contribution in [3.63, 3.8) is 0 Å². The van der Waals surface area contributed by atoms with Gasteiger partial charge in [0.15, 0.2) is 0 Å². The van der Waals surface area contributed by atoms with Crippen LogP contribution in [0.25, 0.3) is 0 Å². The molecule has 78 valence electrons. The summed E-state index contributed by atoms with van der Waals surface area (Å²) in [5.41, 5.74) is 1.32. The summed E-state index contributed by atoms with van der Waals surface area (Å²) in [7, 11) is 0. The van der Waals surface area contributed by atoms with E-state index < -0.39 is 0 Å². The standard InChI is InChI=1S/C10H19N.C2H6/c1-5-10(6-2)7-8-11-9(3)4;1-2/h5-6,9,11H,1,7-8H2,2-4H3;1-2H3/b10-6+;. The van der Waals surface area contributed by atoms with E-state index in [-0.39, 0.29) is 0 Å². The van der Waals surface area contributed by atoms with Crippen LogP contribution in [0.3, 0.4) is 0 Å². The summed E-state index contributed by atoms with van der Waals surface area (Å²) < 4.78 is 0. The number of hydrogen-bond donors (Lipinski definition) is 1. The molecule has 0 aromatic carbocycles. The van der Waals surface area contributed by atoms with Crippen LogP contribution in [0.1, 0.15) is 41.0 Å². The molecule has 0 spiro atoms. The number of rotatable bonds is 5. The van der Waals surface area contributed by atoms with Crippen molar-refractivity contribution in [3.8, 4) is 0 Å². The van der Waals surface area contributed by atoms with Crippen LogP contribution in [0.15, 0.2) is 24.3 Å². The Morgan fingerprint density at radius 1 is 1.38 bits per heavy atom. The van der Waals surface area contributed by atoms with Crippen LogP contribution in [0, 0.1) is 0 Å². The van der Waals surface area contributed by atoms with Crippen molar-refractivity contribution in [2.75, 3.05) is 6.54 Å². The first-order chi connectivity index (χ1) is 6.20. The zero-order valence-electron chi connectivity index (χ0n) is 9.85. The molecule has 0 aliphatic rings. The first-order valence-corrected chi connectivity index (χ1v) is 5.21. The Bertz CT molecular complexity index is 134. The fourth-order valence-electron chi connectivity index (χ4n) is 0.869. The van der Waals surface area contributed by atoms with E-state index in [9.17, 15) is 0 Å².